The van der Waals surface area contributed by atoms with Crippen LogP contribution in [-0.2, 0) is 11.2 Å². The molecule has 206 valence electrons. The minimum Gasteiger partial charge on any atom is -0.495 e. The second-order valence-electron chi connectivity index (χ2n) is 10.5. The number of nitrogen functional groups attached to an aromatic ring is 1. The molecule has 0 saturated heterocycles. The molecule has 0 radical (unpaired) electrons. The summed E-state index contributed by atoms with van der Waals surface area (Å²) >= 11 is 0. The van der Waals surface area contributed by atoms with Gasteiger partial charge < -0.3 is 25.3 Å². The van der Waals surface area contributed by atoms with Crippen LogP contribution in [0.5, 0.6) is 11.5 Å². The SMILES string of the molecule is CCCN=Cc1cc(C(=O)NCCc2cc3c(c(C4=CC=C(OC5CC5)CC4)n2)OCC3C)cc(OC)c1N. The van der Waals surface area contributed by atoms with Gasteiger partial charge in [0.1, 0.15) is 17.2 Å². The number of benzene rings is 1. The van der Waals surface area contributed by atoms with Gasteiger partial charge in [-0.05, 0) is 55.5 Å². The second-order valence-corrected chi connectivity index (χ2v) is 10.5. The van der Waals surface area contributed by atoms with Gasteiger partial charge in [-0.15, -0.1) is 0 Å². The summed E-state index contributed by atoms with van der Waals surface area (Å²) in [5.74, 6) is 2.52. The zero-order valence-corrected chi connectivity index (χ0v) is 23.1. The maximum absolute atomic E-state index is 13.0. The molecule has 0 bridgehead atoms. The van der Waals surface area contributed by atoms with Crippen LogP contribution in [0.25, 0.3) is 5.57 Å². The fourth-order valence-corrected chi connectivity index (χ4v) is 4.84. The fraction of sp³-hybridized carbons (Fsp3) is 0.452. The summed E-state index contributed by atoms with van der Waals surface area (Å²) < 4.78 is 17.5. The van der Waals surface area contributed by atoms with E-state index in [0.29, 0.717) is 60.7 Å². The summed E-state index contributed by atoms with van der Waals surface area (Å²) in [6.07, 6.45) is 11.9. The number of hydrogen-bond donors (Lipinski definition) is 2. The van der Waals surface area contributed by atoms with Gasteiger partial charge in [0.15, 0.2) is 0 Å². The standard InChI is InChI=1S/C31H38N4O4/c1-4-12-33-17-22-14-21(15-27(37-3)28(22)32)31(36)34-13-11-23-16-26-19(2)18-38-30(26)29(35-23)20-5-7-24(8-6-20)39-25-9-10-25/h5,7,14-17,19,25H,4,6,8-13,18,32H2,1-3H3,(H,34,36). The number of carbonyl (C=O) groups excluding carboxylic acids is 1. The molecule has 1 aromatic heterocycles. The highest BCUT2D eigenvalue weighted by atomic mass is 16.5. The molecule has 3 N–H and O–H groups in total. The van der Waals surface area contributed by atoms with Crippen LogP contribution < -0.4 is 20.5 Å². The highest BCUT2D eigenvalue weighted by molar-refractivity contribution is 5.99. The summed E-state index contributed by atoms with van der Waals surface area (Å²) in [5.41, 5.74) is 12.0. The number of anilines is 1. The van der Waals surface area contributed by atoms with Gasteiger partial charge in [-0.2, -0.15) is 0 Å². The molecule has 2 heterocycles. The van der Waals surface area contributed by atoms with Gasteiger partial charge >= 0.3 is 0 Å². The van der Waals surface area contributed by atoms with Crippen molar-refractivity contribution in [2.75, 3.05) is 32.5 Å². The first-order valence-electron chi connectivity index (χ1n) is 14.0. The van der Waals surface area contributed by atoms with Gasteiger partial charge in [0.25, 0.3) is 5.91 Å². The maximum atomic E-state index is 13.0. The normalized spacial score (nSPS) is 18.3. The molecule has 1 aliphatic heterocycles. The molecule has 1 fully saturated rings. The van der Waals surface area contributed by atoms with Gasteiger partial charge in [-0.3, -0.25) is 9.79 Å². The number of aliphatic imine (C=N–C) groups is 1. The number of aromatic nitrogens is 1. The van der Waals surface area contributed by atoms with Gasteiger partial charge in [0.05, 0.1) is 31.3 Å². The first-order chi connectivity index (χ1) is 19.0. The molecule has 1 unspecified atom stereocenters. The van der Waals surface area contributed by atoms with Gasteiger partial charge in [-0.25, -0.2) is 4.98 Å². The molecule has 1 saturated carbocycles. The number of fused-ring (bicyclic) bond motifs is 1. The average molecular weight is 531 g/mol. The Morgan fingerprint density at radius 3 is 2.82 bits per heavy atom. The molecule has 1 atom stereocenters. The molecular formula is C31H38N4O4. The third-order valence-corrected chi connectivity index (χ3v) is 7.23. The van der Waals surface area contributed by atoms with Crippen molar-refractivity contribution >= 4 is 23.4 Å². The Morgan fingerprint density at radius 2 is 2.10 bits per heavy atom. The van der Waals surface area contributed by atoms with Crippen molar-refractivity contribution in [2.45, 2.75) is 64.4 Å². The van der Waals surface area contributed by atoms with Crippen molar-refractivity contribution in [2.24, 2.45) is 4.99 Å². The fourth-order valence-electron chi connectivity index (χ4n) is 4.84. The van der Waals surface area contributed by atoms with E-state index in [9.17, 15) is 4.79 Å². The number of hydrogen-bond acceptors (Lipinski definition) is 7. The monoisotopic (exact) mass is 530 g/mol. The number of pyridine rings is 1. The van der Waals surface area contributed by atoms with Crippen LogP contribution in [-0.4, -0.2) is 50.0 Å². The molecule has 0 spiro atoms. The number of nitrogens with two attached hydrogens (primary N) is 1. The van der Waals surface area contributed by atoms with Crippen LogP contribution >= 0.6 is 0 Å². The molecule has 39 heavy (non-hydrogen) atoms. The molecular weight excluding hydrogens is 492 g/mol. The van der Waals surface area contributed by atoms with E-state index >= 15 is 0 Å². The zero-order chi connectivity index (χ0) is 27.4. The lowest BCUT2D eigenvalue weighted by atomic mass is 9.95. The molecule has 8 heteroatoms. The number of amides is 1. The number of allylic oxidation sites excluding steroid dienone is 4. The number of methoxy groups -OCH3 is 1. The van der Waals surface area contributed by atoms with E-state index in [4.69, 9.17) is 24.9 Å². The van der Waals surface area contributed by atoms with E-state index in [1.165, 1.54) is 11.1 Å². The Bertz CT molecular complexity index is 1330. The Hall–Kier alpha value is -3.81. The van der Waals surface area contributed by atoms with Crippen molar-refractivity contribution in [1.82, 2.24) is 10.3 Å². The Balaban J connectivity index is 1.29. The van der Waals surface area contributed by atoms with Crippen molar-refractivity contribution in [3.05, 3.63) is 64.2 Å². The van der Waals surface area contributed by atoms with E-state index in [2.05, 4.69) is 42.4 Å². The summed E-state index contributed by atoms with van der Waals surface area (Å²) in [6, 6.07) is 5.54. The zero-order valence-electron chi connectivity index (χ0n) is 23.1. The van der Waals surface area contributed by atoms with Gasteiger partial charge in [0, 0.05) is 60.4 Å². The number of ether oxygens (including phenoxy) is 3. The van der Waals surface area contributed by atoms with Crippen LogP contribution in [0.1, 0.15) is 84.7 Å². The van der Waals surface area contributed by atoms with Crippen LogP contribution in [0.15, 0.2) is 41.1 Å². The molecule has 5 rings (SSSR count). The third-order valence-electron chi connectivity index (χ3n) is 7.23. The molecule has 2 aliphatic carbocycles. The van der Waals surface area contributed by atoms with Crippen molar-refractivity contribution in [1.29, 1.82) is 0 Å². The summed E-state index contributed by atoms with van der Waals surface area (Å²) in [5, 5.41) is 3.03. The minimum atomic E-state index is -0.195. The van der Waals surface area contributed by atoms with Gasteiger partial charge in [0.2, 0.25) is 0 Å². The minimum absolute atomic E-state index is 0.195. The number of nitrogens with zero attached hydrogens (tertiary/aromatic N) is 2. The van der Waals surface area contributed by atoms with Gasteiger partial charge in [-0.1, -0.05) is 19.9 Å². The quantitative estimate of drug-likeness (QED) is 0.305. The molecule has 3 aliphatic rings. The average Bonchev–Trinajstić information content (AvgIpc) is 3.69. The van der Waals surface area contributed by atoms with Crippen molar-refractivity contribution in [3.63, 3.8) is 0 Å². The number of rotatable bonds is 11. The van der Waals surface area contributed by atoms with Crippen LogP contribution in [0.2, 0.25) is 0 Å². The Labute approximate surface area is 230 Å². The van der Waals surface area contributed by atoms with E-state index in [1.807, 2.05) is 0 Å². The van der Waals surface area contributed by atoms with E-state index in [0.717, 1.165) is 55.0 Å². The molecule has 2 aromatic rings. The first kappa shape index (κ1) is 26.8. The van der Waals surface area contributed by atoms with Crippen molar-refractivity contribution in [3.8, 4) is 11.5 Å². The van der Waals surface area contributed by atoms with Crippen LogP contribution in [0, 0.1) is 0 Å². The molecule has 1 amide bonds. The largest absolute Gasteiger partial charge is 0.495 e. The smallest absolute Gasteiger partial charge is 0.251 e. The lowest BCUT2D eigenvalue weighted by molar-refractivity contribution is 0.0953. The topological polar surface area (TPSA) is 108 Å². The number of carbonyl (C=O) groups is 1. The molecule has 1 aromatic carbocycles. The van der Waals surface area contributed by atoms with Crippen LogP contribution in [0.4, 0.5) is 5.69 Å². The van der Waals surface area contributed by atoms with E-state index < -0.39 is 0 Å². The Kier molecular flexibility index (Phi) is 8.19. The predicted octanol–water partition coefficient (Wildman–Crippen LogP) is 5.21. The Morgan fingerprint density at radius 1 is 1.26 bits per heavy atom. The third kappa shape index (κ3) is 6.27. The van der Waals surface area contributed by atoms with Crippen LogP contribution in [0.3, 0.4) is 0 Å². The summed E-state index contributed by atoms with van der Waals surface area (Å²) in [4.78, 5) is 22.4. The summed E-state index contributed by atoms with van der Waals surface area (Å²) in [6.45, 7) is 6.03. The number of nitrogens with one attached hydrogen (secondary N) is 1. The molecule has 8 nitrogen and oxygen atoms in total. The predicted molar refractivity (Wildman–Crippen MR) is 154 cm³/mol. The first-order valence-corrected chi connectivity index (χ1v) is 14.0. The van der Waals surface area contributed by atoms with E-state index in [-0.39, 0.29) is 5.91 Å². The lowest BCUT2D eigenvalue weighted by Gasteiger charge is -2.18. The highest BCUT2D eigenvalue weighted by Gasteiger charge is 2.29. The second kappa shape index (κ2) is 11.9. The summed E-state index contributed by atoms with van der Waals surface area (Å²) in [7, 11) is 1.54. The highest BCUT2D eigenvalue weighted by Crippen LogP contribution is 2.42. The maximum Gasteiger partial charge on any atom is 0.251 e. The lowest BCUT2D eigenvalue weighted by Crippen LogP contribution is -2.26. The van der Waals surface area contributed by atoms with Crippen molar-refractivity contribution < 1.29 is 19.0 Å². The van der Waals surface area contributed by atoms with E-state index in [1.54, 1.807) is 25.5 Å².